The number of nitrogens with zero attached hydrogens (tertiary/aromatic N) is 7. The Kier molecular flexibility index (Phi) is 6.81. The zero-order valence-corrected chi connectivity index (χ0v) is 19.0. The van der Waals surface area contributed by atoms with Crippen LogP contribution in [-0.2, 0) is 11.3 Å². The normalized spacial score (nSPS) is 14.6. The van der Waals surface area contributed by atoms with Crippen molar-refractivity contribution in [3.8, 4) is 17.3 Å². The van der Waals surface area contributed by atoms with E-state index in [1.807, 2.05) is 0 Å². The monoisotopic (exact) mass is 521 g/mol. The summed E-state index contributed by atoms with van der Waals surface area (Å²) >= 11 is 3.24. The fourth-order valence-electron chi connectivity index (χ4n) is 3.14. The van der Waals surface area contributed by atoms with Crippen molar-refractivity contribution in [3.05, 3.63) is 33.6 Å². The summed E-state index contributed by atoms with van der Waals surface area (Å²) in [5.74, 6) is -0.216. The second-order valence-electron chi connectivity index (χ2n) is 6.91. The molecule has 1 aromatic carbocycles. The number of amides is 1. The molecule has 1 fully saturated rings. The van der Waals surface area contributed by atoms with E-state index >= 15 is 0 Å². The summed E-state index contributed by atoms with van der Waals surface area (Å²) in [7, 11) is 1.43. The van der Waals surface area contributed by atoms with Gasteiger partial charge in [-0.2, -0.15) is 9.78 Å². The van der Waals surface area contributed by atoms with Gasteiger partial charge in [0.05, 0.1) is 36.7 Å². The zero-order chi connectivity index (χ0) is 23.4. The van der Waals surface area contributed by atoms with Crippen LogP contribution in [-0.4, -0.2) is 80.8 Å². The summed E-state index contributed by atoms with van der Waals surface area (Å²) in [6.45, 7) is 2.85. The van der Waals surface area contributed by atoms with Crippen LogP contribution >= 0.6 is 15.9 Å². The second-order valence-corrected chi connectivity index (χ2v) is 7.77. The first-order chi connectivity index (χ1) is 16.0. The first-order valence-corrected chi connectivity index (χ1v) is 10.5. The number of hydrogen-bond donors (Lipinski definition) is 3. The van der Waals surface area contributed by atoms with Gasteiger partial charge in [0.1, 0.15) is 0 Å². The number of nitrogen functional groups attached to an aromatic ring is 1. The minimum Gasteiger partial charge on any atom is -0.503 e. The maximum Gasteiger partial charge on any atom is 0.293 e. The Labute approximate surface area is 195 Å². The maximum atomic E-state index is 12.9. The Bertz CT molecular complexity index is 1170. The number of hydrazone groups is 1. The van der Waals surface area contributed by atoms with Crippen LogP contribution in [0.2, 0.25) is 0 Å². The van der Waals surface area contributed by atoms with Crippen LogP contribution in [0.3, 0.4) is 0 Å². The Morgan fingerprint density at radius 1 is 1.39 bits per heavy atom. The number of halogens is 1. The van der Waals surface area contributed by atoms with Crippen molar-refractivity contribution in [2.45, 2.75) is 6.54 Å². The number of benzene rings is 1. The minimum atomic E-state index is -0.583. The van der Waals surface area contributed by atoms with Crippen LogP contribution < -0.4 is 15.9 Å². The number of nitrogens with two attached hydrogens (primary N) is 1. The van der Waals surface area contributed by atoms with Crippen molar-refractivity contribution in [1.29, 1.82) is 0 Å². The van der Waals surface area contributed by atoms with Gasteiger partial charge in [0.2, 0.25) is 11.6 Å². The lowest BCUT2D eigenvalue weighted by Crippen LogP contribution is -2.37. The highest BCUT2D eigenvalue weighted by molar-refractivity contribution is 9.10. The average Bonchev–Trinajstić information content (AvgIpc) is 3.42. The predicted octanol–water partition coefficient (Wildman–Crippen LogP) is 0.305. The van der Waals surface area contributed by atoms with Crippen molar-refractivity contribution < 1.29 is 24.0 Å². The summed E-state index contributed by atoms with van der Waals surface area (Å²) in [5, 5.41) is 29.2. The summed E-state index contributed by atoms with van der Waals surface area (Å²) in [5.41, 5.74) is 9.31. The number of anilines is 1. The van der Waals surface area contributed by atoms with Crippen molar-refractivity contribution >= 4 is 33.9 Å². The second kappa shape index (κ2) is 9.93. The fraction of sp³-hybridized carbons (Fsp3) is 0.333. The number of aromatic hydroxyl groups is 1. The van der Waals surface area contributed by atoms with Gasteiger partial charge in [0.25, 0.3) is 5.91 Å². The molecule has 0 bridgehead atoms. The van der Waals surface area contributed by atoms with E-state index in [9.17, 15) is 9.90 Å². The molecule has 15 heteroatoms. The van der Waals surface area contributed by atoms with Crippen molar-refractivity contribution in [3.63, 3.8) is 0 Å². The molecule has 1 aliphatic heterocycles. The van der Waals surface area contributed by atoms with Crippen LogP contribution in [0.1, 0.15) is 21.7 Å². The molecular weight excluding hydrogens is 502 g/mol. The number of phenolic OH excluding ortho intramolecular Hbond substituents is 1. The lowest BCUT2D eigenvalue weighted by molar-refractivity contribution is 0.0332. The summed E-state index contributed by atoms with van der Waals surface area (Å²) in [4.78, 5) is 14.9. The number of carbonyl (C=O) groups is 1. The van der Waals surface area contributed by atoms with Gasteiger partial charge in [-0.05, 0) is 43.9 Å². The lowest BCUT2D eigenvalue weighted by atomic mass is 10.2. The predicted molar refractivity (Wildman–Crippen MR) is 117 cm³/mol. The van der Waals surface area contributed by atoms with Crippen molar-refractivity contribution in [2.75, 3.05) is 39.1 Å². The van der Waals surface area contributed by atoms with Gasteiger partial charge in [0.15, 0.2) is 17.2 Å². The molecule has 0 unspecified atom stereocenters. The summed E-state index contributed by atoms with van der Waals surface area (Å²) in [6.07, 6.45) is 1.40. The largest absolute Gasteiger partial charge is 0.503 e. The molecule has 0 spiro atoms. The number of phenols is 1. The van der Waals surface area contributed by atoms with Gasteiger partial charge in [-0.15, -0.1) is 5.10 Å². The Balaban J connectivity index is 1.57. The van der Waals surface area contributed by atoms with Crippen LogP contribution in [0, 0.1) is 0 Å². The average molecular weight is 522 g/mol. The first kappa shape index (κ1) is 22.6. The Morgan fingerprint density at radius 2 is 2.18 bits per heavy atom. The topological polar surface area (TPSA) is 179 Å². The number of methoxy groups -OCH3 is 1. The molecule has 1 amide bonds. The van der Waals surface area contributed by atoms with Crippen LogP contribution in [0.15, 0.2) is 26.3 Å². The van der Waals surface area contributed by atoms with Gasteiger partial charge in [-0.25, -0.2) is 10.1 Å². The quantitative estimate of drug-likeness (QED) is 0.287. The molecule has 3 aromatic rings. The lowest BCUT2D eigenvalue weighted by Gasteiger charge is -2.26. The van der Waals surface area contributed by atoms with E-state index in [2.05, 4.69) is 56.6 Å². The minimum absolute atomic E-state index is 0.0139. The van der Waals surface area contributed by atoms with Gasteiger partial charge >= 0.3 is 0 Å². The number of ether oxygens (including phenoxy) is 2. The number of morpholine rings is 1. The number of nitrogens with one attached hydrogen (secondary N) is 1. The number of carbonyl (C=O) groups excluding carboxylic acids is 1. The maximum absolute atomic E-state index is 12.9. The van der Waals surface area contributed by atoms with Crippen molar-refractivity contribution in [1.82, 2.24) is 35.6 Å². The zero-order valence-electron chi connectivity index (χ0n) is 17.4. The molecule has 2 aromatic heterocycles. The van der Waals surface area contributed by atoms with Crippen LogP contribution in [0.5, 0.6) is 11.5 Å². The standard InChI is InChI=1S/C18H20BrN9O5/c1-31-13-7-10(6-11(19)15(13)29)8-21-23-18(30)14-12(9-27-2-4-32-5-3-27)28(26-22-14)17-16(20)24-33-25-17/h6-8,29H,2-5,9H2,1H3,(H2,20,24)(H,23,30). The smallest absolute Gasteiger partial charge is 0.293 e. The van der Waals surface area contributed by atoms with Crippen molar-refractivity contribution in [2.24, 2.45) is 5.10 Å². The molecule has 0 atom stereocenters. The number of hydrogen-bond acceptors (Lipinski definition) is 12. The molecule has 14 nitrogen and oxygen atoms in total. The fourth-order valence-corrected chi connectivity index (χ4v) is 3.60. The molecular formula is C18H20BrN9O5. The van der Waals surface area contributed by atoms with Gasteiger partial charge < -0.3 is 20.3 Å². The third kappa shape index (κ3) is 4.94. The molecule has 4 rings (SSSR count). The van der Waals surface area contributed by atoms with E-state index in [0.717, 1.165) is 0 Å². The highest BCUT2D eigenvalue weighted by Gasteiger charge is 2.26. The molecule has 174 valence electrons. The highest BCUT2D eigenvalue weighted by Crippen LogP contribution is 2.34. The Morgan fingerprint density at radius 3 is 2.88 bits per heavy atom. The SMILES string of the molecule is COc1cc(C=NNC(=O)c2nnn(-c3nonc3N)c2CN2CCOCC2)cc(Br)c1O. The summed E-state index contributed by atoms with van der Waals surface area (Å²) < 4.78 is 16.9. The van der Waals surface area contributed by atoms with Gasteiger partial charge in [-0.3, -0.25) is 9.69 Å². The highest BCUT2D eigenvalue weighted by atomic mass is 79.9. The van der Waals surface area contributed by atoms with Gasteiger partial charge in [0, 0.05) is 19.6 Å². The first-order valence-electron chi connectivity index (χ1n) is 9.71. The third-order valence-corrected chi connectivity index (χ3v) is 5.41. The molecule has 33 heavy (non-hydrogen) atoms. The molecule has 1 saturated heterocycles. The molecule has 0 radical (unpaired) electrons. The number of rotatable bonds is 7. The summed E-state index contributed by atoms with van der Waals surface area (Å²) in [6, 6.07) is 3.18. The molecule has 4 N–H and O–H groups in total. The van der Waals surface area contributed by atoms with E-state index < -0.39 is 5.91 Å². The van der Waals surface area contributed by atoms with Crippen LogP contribution in [0.25, 0.3) is 5.82 Å². The molecule has 3 heterocycles. The Hall–Kier alpha value is -3.56. The van der Waals surface area contributed by atoms with E-state index in [0.29, 0.717) is 48.6 Å². The van der Waals surface area contributed by atoms with Crippen LogP contribution in [0.4, 0.5) is 5.82 Å². The van der Waals surface area contributed by atoms with E-state index in [1.54, 1.807) is 12.1 Å². The molecule has 1 aliphatic rings. The van der Waals surface area contributed by atoms with E-state index in [-0.39, 0.29) is 28.8 Å². The number of aromatic nitrogens is 5. The molecule has 0 aliphatic carbocycles. The third-order valence-electron chi connectivity index (χ3n) is 4.80. The van der Waals surface area contributed by atoms with E-state index in [4.69, 9.17) is 15.2 Å². The van der Waals surface area contributed by atoms with E-state index in [1.165, 1.54) is 18.0 Å². The van der Waals surface area contributed by atoms with Gasteiger partial charge in [-0.1, -0.05) is 5.21 Å². The molecule has 0 saturated carbocycles.